The van der Waals surface area contributed by atoms with Crippen LogP contribution in [0.25, 0.3) is 10.8 Å². The number of nitrogens with zero attached hydrogens (tertiary/aromatic N) is 1. The Morgan fingerprint density at radius 2 is 1.86 bits per heavy atom. The summed E-state index contributed by atoms with van der Waals surface area (Å²) in [7, 11) is 0. The standard InChI is InChI=1S/C23H29N3O3/c1-4-5-6-9-16(2)24-20(27)15-26-21(28)23(3,25-22(26)29)19-13-12-17-10-7-8-11-18(17)14-19/h7-8,10-14,16H,4-6,9,15H2,1-3H3,(H,24,27)(H,25,29)/t16-,23-/m0/s1. The van der Waals surface area contributed by atoms with Crippen LogP contribution in [0.3, 0.4) is 0 Å². The van der Waals surface area contributed by atoms with Gasteiger partial charge in [0.25, 0.3) is 5.91 Å². The van der Waals surface area contributed by atoms with Gasteiger partial charge in [0.05, 0.1) is 0 Å². The highest BCUT2D eigenvalue weighted by Gasteiger charge is 2.49. The molecule has 1 fully saturated rings. The number of rotatable bonds is 8. The number of amides is 4. The highest BCUT2D eigenvalue weighted by molar-refractivity contribution is 6.09. The molecule has 6 heteroatoms. The van der Waals surface area contributed by atoms with Gasteiger partial charge in [-0.05, 0) is 42.7 Å². The predicted molar refractivity (Wildman–Crippen MR) is 113 cm³/mol. The lowest BCUT2D eigenvalue weighted by Gasteiger charge is -2.23. The van der Waals surface area contributed by atoms with E-state index in [-0.39, 0.29) is 18.5 Å². The molecule has 2 aromatic carbocycles. The molecule has 2 aromatic rings. The smallest absolute Gasteiger partial charge is 0.325 e. The van der Waals surface area contributed by atoms with E-state index in [9.17, 15) is 14.4 Å². The van der Waals surface area contributed by atoms with Crippen LogP contribution in [0.15, 0.2) is 42.5 Å². The van der Waals surface area contributed by atoms with E-state index in [1.165, 1.54) is 0 Å². The van der Waals surface area contributed by atoms with Gasteiger partial charge in [-0.25, -0.2) is 4.79 Å². The zero-order valence-electron chi connectivity index (χ0n) is 17.3. The van der Waals surface area contributed by atoms with E-state index in [1.54, 1.807) is 6.92 Å². The molecule has 2 N–H and O–H groups in total. The molecule has 1 heterocycles. The second-order valence-corrected chi connectivity index (χ2v) is 7.97. The van der Waals surface area contributed by atoms with Crippen molar-refractivity contribution in [1.82, 2.24) is 15.5 Å². The van der Waals surface area contributed by atoms with Gasteiger partial charge < -0.3 is 10.6 Å². The number of hydrogen-bond donors (Lipinski definition) is 2. The van der Waals surface area contributed by atoms with Crippen molar-refractivity contribution in [2.75, 3.05) is 6.54 Å². The van der Waals surface area contributed by atoms with Crippen LogP contribution in [0.2, 0.25) is 0 Å². The first-order valence-corrected chi connectivity index (χ1v) is 10.3. The fourth-order valence-electron chi connectivity index (χ4n) is 3.77. The second-order valence-electron chi connectivity index (χ2n) is 7.97. The Kier molecular flexibility index (Phi) is 6.20. The molecular formula is C23H29N3O3. The van der Waals surface area contributed by atoms with Gasteiger partial charge in [-0.2, -0.15) is 0 Å². The Morgan fingerprint density at radius 1 is 1.14 bits per heavy atom. The van der Waals surface area contributed by atoms with Gasteiger partial charge >= 0.3 is 6.03 Å². The highest BCUT2D eigenvalue weighted by Crippen LogP contribution is 2.30. The van der Waals surface area contributed by atoms with Crippen LogP contribution in [-0.2, 0) is 15.1 Å². The molecule has 6 nitrogen and oxygen atoms in total. The molecule has 1 saturated heterocycles. The third kappa shape index (κ3) is 4.42. The first-order chi connectivity index (χ1) is 13.8. The largest absolute Gasteiger partial charge is 0.352 e. The first-order valence-electron chi connectivity index (χ1n) is 10.3. The maximum Gasteiger partial charge on any atom is 0.325 e. The van der Waals surface area contributed by atoms with Gasteiger partial charge in [0.2, 0.25) is 5.91 Å². The average molecular weight is 396 g/mol. The van der Waals surface area contributed by atoms with Crippen LogP contribution in [0.5, 0.6) is 0 Å². The van der Waals surface area contributed by atoms with E-state index in [1.807, 2.05) is 49.4 Å². The summed E-state index contributed by atoms with van der Waals surface area (Å²) in [4.78, 5) is 38.9. The lowest BCUT2D eigenvalue weighted by Crippen LogP contribution is -2.45. The zero-order chi connectivity index (χ0) is 21.0. The molecule has 154 valence electrons. The maximum atomic E-state index is 13.1. The molecule has 4 amide bonds. The molecule has 1 aliphatic rings. The fourth-order valence-corrected chi connectivity index (χ4v) is 3.77. The number of unbranched alkanes of at least 4 members (excludes halogenated alkanes) is 2. The van der Waals surface area contributed by atoms with Crippen molar-refractivity contribution in [3.05, 3.63) is 48.0 Å². The average Bonchev–Trinajstić information content (AvgIpc) is 2.91. The molecule has 3 rings (SSSR count). The molecule has 1 aliphatic heterocycles. The molecule has 2 atom stereocenters. The van der Waals surface area contributed by atoms with Crippen molar-refractivity contribution >= 4 is 28.6 Å². The third-order valence-corrected chi connectivity index (χ3v) is 5.55. The van der Waals surface area contributed by atoms with Gasteiger partial charge in [0.1, 0.15) is 12.1 Å². The summed E-state index contributed by atoms with van der Waals surface area (Å²) in [6.07, 6.45) is 4.17. The Labute approximate surface area is 171 Å². The number of hydrogen-bond acceptors (Lipinski definition) is 3. The summed E-state index contributed by atoms with van der Waals surface area (Å²) >= 11 is 0. The molecule has 29 heavy (non-hydrogen) atoms. The van der Waals surface area contributed by atoms with Crippen molar-refractivity contribution in [3.8, 4) is 0 Å². The summed E-state index contributed by atoms with van der Waals surface area (Å²) < 4.78 is 0. The second kappa shape index (κ2) is 8.64. The summed E-state index contributed by atoms with van der Waals surface area (Å²) in [6.45, 7) is 5.49. The van der Waals surface area contributed by atoms with E-state index in [0.29, 0.717) is 5.56 Å². The van der Waals surface area contributed by atoms with Crippen LogP contribution >= 0.6 is 0 Å². The van der Waals surface area contributed by atoms with Crippen molar-refractivity contribution in [2.24, 2.45) is 0 Å². The molecule has 0 saturated carbocycles. The molecular weight excluding hydrogens is 366 g/mol. The molecule has 0 aromatic heterocycles. The first kappa shape index (κ1) is 20.8. The van der Waals surface area contributed by atoms with E-state index in [4.69, 9.17) is 0 Å². The van der Waals surface area contributed by atoms with Gasteiger partial charge in [-0.1, -0.05) is 62.6 Å². The quantitative estimate of drug-likeness (QED) is 0.528. The van der Waals surface area contributed by atoms with E-state index in [2.05, 4.69) is 17.6 Å². The molecule has 0 aliphatic carbocycles. The van der Waals surface area contributed by atoms with Gasteiger partial charge in [-0.15, -0.1) is 0 Å². The normalized spacial score (nSPS) is 20.0. The number of urea groups is 1. The Bertz CT molecular complexity index is 926. The van der Waals surface area contributed by atoms with Crippen molar-refractivity contribution in [1.29, 1.82) is 0 Å². The van der Waals surface area contributed by atoms with Crippen LogP contribution in [0, 0.1) is 0 Å². The number of nitrogens with one attached hydrogen (secondary N) is 2. The summed E-state index contributed by atoms with van der Waals surface area (Å²) in [5.41, 5.74) is -0.487. The van der Waals surface area contributed by atoms with E-state index in [0.717, 1.165) is 41.4 Å². The van der Waals surface area contributed by atoms with Crippen molar-refractivity contribution in [3.63, 3.8) is 0 Å². The van der Waals surface area contributed by atoms with Crippen LogP contribution in [0.4, 0.5) is 4.79 Å². The van der Waals surface area contributed by atoms with Gasteiger partial charge in [0, 0.05) is 6.04 Å². The lowest BCUT2D eigenvalue weighted by atomic mass is 9.90. The van der Waals surface area contributed by atoms with Crippen LogP contribution in [-0.4, -0.2) is 35.3 Å². The number of fused-ring (bicyclic) bond motifs is 1. The summed E-state index contributed by atoms with van der Waals surface area (Å²) in [5.74, 6) is -0.730. The van der Waals surface area contributed by atoms with E-state index >= 15 is 0 Å². The maximum absolute atomic E-state index is 13.1. The summed E-state index contributed by atoms with van der Waals surface area (Å²) in [6, 6.07) is 13.0. The Hall–Kier alpha value is -2.89. The minimum absolute atomic E-state index is 0.0155. The lowest BCUT2D eigenvalue weighted by molar-refractivity contribution is -0.135. The molecule has 0 bridgehead atoms. The summed E-state index contributed by atoms with van der Waals surface area (Å²) in [5, 5.41) is 7.71. The minimum Gasteiger partial charge on any atom is -0.352 e. The van der Waals surface area contributed by atoms with Gasteiger partial charge in [-0.3, -0.25) is 14.5 Å². The van der Waals surface area contributed by atoms with E-state index < -0.39 is 17.5 Å². The number of carbonyl (C=O) groups is 3. The zero-order valence-corrected chi connectivity index (χ0v) is 17.3. The third-order valence-electron chi connectivity index (χ3n) is 5.55. The fraction of sp³-hybridized carbons (Fsp3) is 0.435. The van der Waals surface area contributed by atoms with Crippen molar-refractivity contribution in [2.45, 2.75) is 58.0 Å². The van der Waals surface area contributed by atoms with Crippen LogP contribution < -0.4 is 10.6 Å². The number of imide groups is 1. The van der Waals surface area contributed by atoms with Crippen LogP contribution in [0.1, 0.15) is 52.0 Å². The Morgan fingerprint density at radius 3 is 2.59 bits per heavy atom. The SMILES string of the molecule is CCCCC[C@H](C)NC(=O)CN1C(=O)N[C@@](C)(c2ccc3ccccc3c2)C1=O. The minimum atomic E-state index is -1.19. The number of carbonyl (C=O) groups excluding carboxylic acids is 3. The molecule has 0 spiro atoms. The monoisotopic (exact) mass is 395 g/mol. The highest BCUT2D eigenvalue weighted by atomic mass is 16.2. The molecule has 0 radical (unpaired) electrons. The number of benzene rings is 2. The molecule has 0 unspecified atom stereocenters. The van der Waals surface area contributed by atoms with Crippen molar-refractivity contribution < 1.29 is 14.4 Å². The topological polar surface area (TPSA) is 78.5 Å². The predicted octanol–water partition coefficient (Wildman–Crippen LogP) is 3.69. The van der Waals surface area contributed by atoms with Gasteiger partial charge in [0.15, 0.2) is 0 Å². The Balaban J connectivity index is 1.70.